The first kappa shape index (κ1) is 57.8. The van der Waals surface area contributed by atoms with Crippen molar-refractivity contribution in [1.82, 2.24) is 0 Å². The molecule has 0 radical (unpaired) electrons. The number of hydrogen-bond acceptors (Lipinski definition) is 2. The summed E-state index contributed by atoms with van der Waals surface area (Å²) in [4.78, 5) is 20.6. The predicted molar refractivity (Wildman–Crippen MR) is 101 cm³/mol. The van der Waals surface area contributed by atoms with Crippen molar-refractivity contribution < 1.29 is 135 Å². The Morgan fingerprint density at radius 3 is 0.897 bits per heavy atom. The Bertz CT molecular complexity index is 507. The van der Waals surface area contributed by atoms with Gasteiger partial charge in [0.15, 0.2) is 0 Å². The van der Waals surface area contributed by atoms with Crippen molar-refractivity contribution in [2.75, 3.05) is 0 Å². The number of halogens is 2. The van der Waals surface area contributed by atoms with Crippen molar-refractivity contribution in [2.45, 2.75) is 0 Å². The summed E-state index contributed by atoms with van der Waals surface area (Å²) in [5.41, 5.74) is 14.2. The van der Waals surface area contributed by atoms with E-state index in [9.17, 15) is 9.59 Å². The van der Waals surface area contributed by atoms with E-state index in [-0.39, 0.29) is 131 Å². The van der Waals surface area contributed by atoms with Crippen LogP contribution in [-0.4, -0.2) is 11.8 Å². The van der Waals surface area contributed by atoms with Crippen molar-refractivity contribution >= 4 is 30.4 Å². The zero-order valence-corrected chi connectivity index (χ0v) is 27.2. The smallest absolute Gasteiger partial charge is 0.664 e. The van der Waals surface area contributed by atoms with Gasteiger partial charge in [-0.2, -0.15) is 0 Å². The number of amides is 2. The van der Waals surface area contributed by atoms with Gasteiger partial charge in [-0.05, 0) is 11.1 Å². The van der Waals surface area contributed by atoms with Gasteiger partial charge in [0.1, 0.15) is 0 Å². The van der Waals surface area contributed by atoms with Gasteiger partial charge in [0.2, 0.25) is 0 Å². The van der Waals surface area contributed by atoms with E-state index in [2.05, 4.69) is 0 Å². The molecule has 152 valence electrons. The molecule has 2 aromatic rings. The Balaban J connectivity index is -0.0000000279. The van der Waals surface area contributed by atoms with E-state index in [0.29, 0.717) is 11.1 Å². The largest absolute Gasteiger partial charge is 2.00 e. The fourth-order valence-corrected chi connectivity index (χ4v) is 1.18. The van der Waals surface area contributed by atoms with Crippen LogP contribution in [0.1, 0.15) is 20.7 Å². The minimum absolute atomic E-state index is 0. The maximum atomic E-state index is 10.3. The SMILES string of the molecule is [CH3-].[CH3-].[CH3-].[Cl][Ti][Cl].[NH-]C(=O)c1ccccc1.[NH-]C(=O)c1ccccc1.[Ti+2].[Ti].[Ti].[Ti].[Ti]. The molecule has 2 rings (SSSR count). The van der Waals surface area contributed by atoms with Crippen LogP contribution in [0.2, 0.25) is 0 Å². The first-order valence-electron chi connectivity index (χ1n) is 5.61. The van der Waals surface area contributed by atoms with Crippen LogP contribution in [-0.2, 0) is 126 Å². The van der Waals surface area contributed by atoms with Gasteiger partial charge in [-0.15, -0.1) is 0 Å². The van der Waals surface area contributed by atoms with Crippen molar-refractivity contribution in [1.29, 1.82) is 0 Å². The van der Waals surface area contributed by atoms with Gasteiger partial charge in [-0.1, -0.05) is 60.7 Å². The molecule has 0 atom stereocenters. The second-order valence-corrected chi connectivity index (χ2v) is 6.04. The van der Waals surface area contributed by atoms with Crippen LogP contribution in [0, 0.1) is 22.3 Å². The summed E-state index contributed by atoms with van der Waals surface area (Å²) in [5.74, 6) is -1.26. The monoisotopic (exact) mass is 643 g/mol. The van der Waals surface area contributed by atoms with Crippen molar-refractivity contribution in [3.05, 3.63) is 106 Å². The van der Waals surface area contributed by atoms with Crippen molar-refractivity contribution in [2.24, 2.45) is 0 Å². The standard InChI is InChI=1S/2C7H7NO.3CH3.2ClH.6Ti/c2*8-7(9)6-4-2-1-3-5-6;;;;;;;;;;;/h2*1-5H,(H2,8,9);3*1H3;2*1H;;;;;;/q;;3*-1;;;;;;;2*+2/p-4. The van der Waals surface area contributed by atoms with Crippen LogP contribution >= 0.6 is 18.6 Å². The quantitative estimate of drug-likeness (QED) is 0.278. The van der Waals surface area contributed by atoms with Gasteiger partial charge in [0.25, 0.3) is 0 Å². The number of benzene rings is 2. The molecule has 2 amide bonds. The summed E-state index contributed by atoms with van der Waals surface area (Å²) >= 11 is -0.556. The second-order valence-electron chi connectivity index (χ2n) is 3.46. The molecule has 0 saturated heterocycles. The summed E-state index contributed by atoms with van der Waals surface area (Å²) in [7, 11) is 9.78. The van der Waals surface area contributed by atoms with Gasteiger partial charge in [-0.25, -0.2) is 0 Å². The number of carbonyl (C=O) groups is 2. The van der Waals surface area contributed by atoms with E-state index in [0.717, 1.165) is 0 Å². The summed E-state index contributed by atoms with van der Waals surface area (Å²) in [6, 6.07) is 17.1. The van der Waals surface area contributed by atoms with Crippen LogP contribution in [0.4, 0.5) is 0 Å². The molecule has 12 heteroatoms. The average molecular weight is 643 g/mol. The molecule has 0 fully saturated rings. The number of nitrogens with one attached hydrogen (secondary N) is 2. The van der Waals surface area contributed by atoms with Gasteiger partial charge >= 0.3 is 57.4 Å². The van der Waals surface area contributed by atoms with Crippen LogP contribution in [0.5, 0.6) is 0 Å². The van der Waals surface area contributed by atoms with Gasteiger partial charge in [0, 0.05) is 86.9 Å². The Hall–Kier alpha value is 2.25. The fourth-order valence-electron chi connectivity index (χ4n) is 1.18. The number of rotatable bonds is 2. The fraction of sp³-hybridized carbons (Fsp3) is 0. The average Bonchev–Trinajstić information content (AvgIpc) is 2.50. The van der Waals surface area contributed by atoms with E-state index in [1.54, 1.807) is 48.5 Å². The third-order valence-corrected chi connectivity index (χ3v) is 2.07. The van der Waals surface area contributed by atoms with Crippen LogP contribution in [0.25, 0.3) is 11.5 Å². The molecule has 0 aliphatic carbocycles. The van der Waals surface area contributed by atoms with Crippen LogP contribution in [0.3, 0.4) is 0 Å². The van der Waals surface area contributed by atoms with E-state index in [1.165, 1.54) is 0 Å². The molecule has 0 spiro atoms. The molecular formula is C17H21Cl2N2O2Ti6-3. The van der Waals surface area contributed by atoms with E-state index >= 15 is 0 Å². The van der Waals surface area contributed by atoms with Crippen molar-refractivity contribution in [3.8, 4) is 0 Å². The number of carbonyl (C=O) groups excluding carboxylic acids is 2. The molecule has 2 aromatic carbocycles. The number of hydrogen-bond donors (Lipinski definition) is 0. The first-order valence-corrected chi connectivity index (χ1v) is 9.90. The van der Waals surface area contributed by atoms with Crippen molar-refractivity contribution in [3.63, 3.8) is 0 Å². The van der Waals surface area contributed by atoms with E-state index < -0.39 is 28.8 Å². The Kier molecular flexibility index (Phi) is 80.8. The third-order valence-electron chi connectivity index (χ3n) is 2.07. The van der Waals surface area contributed by atoms with Gasteiger partial charge in [-0.3, -0.25) is 0 Å². The molecule has 0 bridgehead atoms. The van der Waals surface area contributed by atoms with E-state index in [4.69, 9.17) is 30.1 Å². The Morgan fingerprint density at radius 1 is 0.621 bits per heavy atom. The maximum absolute atomic E-state index is 10.3. The zero-order chi connectivity index (χ0) is 16.1. The normalized spacial score (nSPS) is 6.00. The van der Waals surface area contributed by atoms with Gasteiger partial charge in [0.05, 0.1) is 11.8 Å². The van der Waals surface area contributed by atoms with Crippen LogP contribution < -0.4 is 0 Å². The molecule has 0 heterocycles. The molecule has 0 unspecified atom stereocenters. The summed E-state index contributed by atoms with van der Waals surface area (Å²) in [5, 5.41) is 0. The van der Waals surface area contributed by atoms with Crippen LogP contribution in [0.15, 0.2) is 60.7 Å². The summed E-state index contributed by atoms with van der Waals surface area (Å²) in [6.45, 7) is 0. The van der Waals surface area contributed by atoms with E-state index in [1.807, 2.05) is 12.1 Å². The predicted octanol–water partition coefficient (Wildman–Crippen LogP) is 6.47. The Labute approximate surface area is 267 Å². The minimum Gasteiger partial charge on any atom is -0.664 e. The first-order chi connectivity index (χ1) is 10.0. The molecule has 2 N–H and O–H groups in total. The molecule has 0 aliphatic heterocycles. The topological polar surface area (TPSA) is 81.7 Å². The molecule has 0 saturated carbocycles. The third kappa shape index (κ3) is 35.0. The Morgan fingerprint density at radius 2 is 0.793 bits per heavy atom. The summed E-state index contributed by atoms with van der Waals surface area (Å²) in [6.07, 6.45) is 0. The second kappa shape index (κ2) is 40.6. The maximum Gasteiger partial charge on any atom is 2.00 e. The molecule has 4 nitrogen and oxygen atoms in total. The molecule has 0 aliphatic rings. The molecular weight excluding hydrogens is 622 g/mol. The van der Waals surface area contributed by atoms with Gasteiger partial charge < -0.3 is 43.3 Å². The molecule has 0 aromatic heterocycles. The molecule has 29 heavy (non-hydrogen) atoms. The minimum atomic E-state index is -0.629. The zero-order valence-electron chi connectivity index (χ0n) is 16.3. The summed E-state index contributed by atoms with van der Waals surface area (Å²) < 4.78 is 0.